The van der Waals surface area contributed by atoms with Crippen LogP contribution in [0.4, 0.5) is 0 Å². The van der Waals surface area contributed by atoms with E-state index in [0.29, 0.717) is 0 Å². The fourth-order valence-corrected chi connectivity index (χ4v) is 4.09. The normalized spacial score (nSPS) is 19.4. The fraction of sp³-hybridized carbons (Fsp3) is 0.286. The molecule has 94 valence electrons. The zero-order valence-corrected chi connectivity index (χ0v) is 12.3. The van der Waals surface area contributed by atoms with Crippen molar-refractivity contribution >= 4 is 27.3 Å². The van der Waals surface area contributed by atoms with Gasteiger partial charge in [0.05, 0.1) is 3.79 Å². The van der Waals surface area contributed by atoms with Gasteiger partial charge < -0.3 is 9.84 Å². The van der Waals surface area contributed by atoms with Crippen molar-refractivity contribution in [2.24, 2.45) is 0 Å². The van der Waals surface area contributed by atoms with Crippen molar-refractivity contribution in [1.29, 1.82) is 0 Å². The van der Waals surface area contributed by atoms with E-state index in [9.17, 15) is 5.11 Å². The van der Waals surface area contributed by atoms with Crippen molar-refractivity contribution < 1.29 is 9.84 Å². The molecular formula is C14H13BrO2S. The molecule has 3 rings (SSSR count). The maximum Gasteiger partial charge on any atom is 0.133 e. The Balaban J connectivity index is 1.84. The number of thiophene rings is 1. The largest absolute Gasteiger partial charge is 0.487 e. The van der Waals surface area contributed by atoms with Crippen molar-refractivity contribution in [3.8, 4) is 5.75 Å². The molecule has 1 aromatic carbocycles. The Hall–Kier alpha value is -0.840. The van der Waals surface area contributed by atoms with Crippen LogP contribution < -0.4 is 4.74 Å². The predicted molar refractivity (Wildman–Crippen MR) is 76.3 cm³/mol. The highest BCUT2D eigenvalue weighted by Gasteiger charge is 2.31. The molecule has 1 aromatic heterocycles. The molecule has 0 amide bonds. The van der Waals surface area contributed by atoms with Crippen molar-refractivity contribution in [2.45, 2.75) is 25.6 Å². The maximum atomic E-state index is 10.4. The lowest BCUT2D eigenvalue weighted by atomic mass is 10.0. The lowest BCUT2D eigenvalue weighted by molar-refractivity contribution is 0.0491. The summed E-state index contributed by atoms with van der Waals surface area (Å²) in [5.74, 6) is 0.897. The van der Waals surface area contributed by atoms with Gasteiger partial charge in [-0.25, -0.2) is 0 Å². The molecule has 2 heterocycles. The van der Waals surface area contributed by atoms with Crippen LogP contribution in [-0.2, 0) is 6.42 Å². The number of aliphatic hydroxyl groups excluding tert-OH is 1. The zero-order valence-electron chi connectivity index (χ0n) is 9.89. The Kier molecular flexibility index (Phi) is 3.18. The van der Waals surface area contributed by atoms with Crippen LogP contribution in [0.2, 0.25) is 0 Å². The number of aliphatic hydroxyl groups is 1. The molecule has 0 fully saturated rings. The predicted octanol–water partition coefficient (Wildman–Crippen LogP) is 3.86. The second-order valence-electron chi connectivity index (χ2n) is 4.48. The highest BCUT2D eigenvalue weighted by Crippen LogP contribution is 2.37. The lowest BCUT2D eigenvalue weighted by Crippen LogP contribution is -2.23. The van der Waals surface area contributed by atoms with Crippen LogP contribution in [0.3, 0.4) is 0 Å². The smallest absolute Gasteiger partial charge is 0.133 e. The summed E-state index contributed by atoms with van der Waals surface area (Å²) in [5.41, 5.74) is 2.14. The summed E-state index contributed by atoms with van der Waals surface area (Å²) in [4.78, 5) is 1.13. The van der Waals surface area contributed by atoms with Crippen LogP contribution in [0.5, 0.6) is 5.75 Å². The molecule has 2 aromatic rings. The Bertz CT molecular complexity index is 554. The third kappa shape index (κ3) is 2.09. The Labute approximate surface area is 118 Å². The number of ether oxygens (including phenoxy) is 1. The van der Waals surface area contributed by atoms with Gasteiger partial charge >= 0.3 is 0 Å². The van der Waals surface area contributed by atoms with E-state index in [4.69, 9.17) is 4.74 Å². The summed E-state index contributed by atoms with van der Waals surface area (Å²) in [6.07, 6.45) is 0.0205. The highest BCUT2D eigenvalue weighted by atomic mass is 79.9. The Morgan fingerprint density at radius 1 is 1.44 bits per heavy atom. The molecule has 18 heavy (non-hydrogen) atoms. The first-order chi connectivity index (χ1) is 8.65. The third-order valence-corrected chi connectivity index (χ3v) is 4.84. The molecular weight excluding hydrogens is 312 g/mol. The minimum atomic E-state index is -0.569. The summed E-state index contributed by atoms with van der Waals surface area (Å²) in [6.45, 7) is 2.02. The maximum absolute atomic E-state index is 10.4. The first kappa shape index (κ1) is 12.2. The van der Waals surface area contributed by atoms with Gasteiger partial charge in [0, 0.05) is 11.3 Å². The lowest BCUT2D eigenvalue weighted by Gasteiger charge is -2.18. The van der Waals surface area contributed by atoms with E-state index in [1.165, 1.54) is 5.56 Å². The van der Waals surface area contributed by atoms with Crippen LogP contribution in [-0.4, -0.2) is 11.2 Å². The van der Waals surface area contributed by atoms with Crippen molar-refractivity contribution in [2.75, 3.05) is 0 Å². The van der Waals surface area contributed by atoms with Gasteiger partial charge in [-0.3, -0.25) is 0 Å². The van der Waals surface area contributed by atoms with Gasteiger partial charge in [0.2, 0.25) is 0 Å². The van der Waals surface area contributed by atoms with E-state index in [1.807, 2.05) is 31.2 Å². The quantitative estimate of drug-likeness (QED) is 0.909. The third-order valence-electron chi connectivity index (χ3n) is 3.27. The summed E-state index contributed by atoms with van der Waals surface area (Å²) in [5, 5.41) is 10.4. The minimum absolute atomic E-state index is 0.178. The van der Waals surface area contributed by atoms with Crippen LogP contribution >= 0.6 is 27.3 Å². The number of fused-ring (bicyclic) bond motifs is 1. The molecule has 2 unspecified atom stereocenters. The van der Waals surface area contributed by atoms with Gasteiger partial charge in [0.15, 0.2) is 0 Å². The topological polar surface area (TPSA) is 29.5 Å². The van der Waals surface area contributed by atoms with Crippen molar-refractivity contribution in [3.05, 3.63) is 50.1 Å². The SMILES string of the molecule is Cc1sc(Br)cc1C(O)C1Cc2ccccc2O1. The number of hydrogen-bond acceptors (Lipinski definition) is 3. The molecule has 0 spiro atoms. The minimum Gasteiger partial charge on any atom is -0.487 e. The second-order valence-corrected chi connectivity index (χ2v) is 7.11. The summed E-state index contributed by atoms with van der Waals surface area (Å²) in [6, 6.07) is 9.96. The fourth-order valence-electron chi connectivity index (χ4n) is 2.34. The van der Waals surface area contributed by atoms with Crippen LogP contribution in [0.25, 0.3) is 0 Å². The van der Waals surface area contributed by atoms with E-state index in [-0.39, 0.29) is 6.10 Å². The zero-order chi connectivity index (χ0) is 12.7. The van der Waals surface area contributed by atoms with E-state index >= 15 is 0 Å². The van der Waals surface area contributed by atoms with E-state index in [0.717, 1.165) is 26.4 Å². The average Bonchev–Trinajstić information content (AvgIpc) is 2.91. The van der Waals surface area contributed by atoms with E-state index in [2.05, 4.69) is 22.0 Å². The van der Waals surface area contributed by atoms with Gasteiger partial charge in [-0.1, -0.05) is 18.2 Å². The molecule has 0 bridgehead atoms. The number of rotatable bonds is 2. The molecule has 0 radical (unpaired) electrons. The Morgan fingerprint density at radius 3 is 2.89 bits per heavy atom. The number of benzene rings is 1. The number of halogens is 1. The van der Waals surface area contributed by atoms with E-state index < -0.39 is 6.10 Å². The molecule has 2 nitrogen and oxygen atoms in total. The standard InChI is InChI=1S/C14H13BrO2S/c1-8-10(7-13(15)18-8)14(16)12-6-9-4-2-3-5-11(9)17-12/h2-5,7,12,14,16H,6H2,1H3. The Morgan fingerprint density at radius 2 is 2.22 bits per heavy atom. The number of hydrogen-bond donors (Lipinski definition) is 1. The van der Waals surface area contributed by atoms with Gasteiger partial charge in [-0.05, 0) is 46.1 Å². The van der Waals surface area contributed by atoms with Gasteiger partial charge in [0.25, 0.3) is 0 Å². The second kappa shape index (κ2) is 4.68. The molecule has 0 saturated carbocycles. The first-order valence-corrected chi connectivity index (χ1v) is 7.44. The molecule has 2 atom stereocenters. The van der Waals surface area contributed by atoms with Crippen LogP contribution in [0.1, 0.15) is 22.1 Å². The molecule has 4 heteroatoms. The number of para-hydroxylation sites is 1. The summed E-state index contributed by atoms with van der Waals surface area (Å²) >= 11 is 5.10. The molecule has 1 aliphatic heterocycles. The molecule has 0 saturated heterocycles. The van der Waals surface area contributed by atoms with Crippen LogP contribution in [0.15, 0.2) is 34.1 Å². The van der Waals surface area contributed by atoms with Gasteiger partial charge in [-0.15, -0.1) is 11.3 Å². The summed E-state index contributed by atoms with van der Waals surface area (Å²) in [7, 11) is 0. The molecule has 0 aliphatic carbocycles. The first-order valence-electron chi connectivity index (χ1n) is 5.83. The van der Waals surface area contributed by atoms with E-state index in [1.54, 1.807) is 11.3 Å². The average molecular weight is 325 g/mol. The number of aryl methyl sites for hydroxylation is 1. The van der Waals surface area contributed by atoms with Crippen LogP contribution in [0, 0.1) is 6.92 Å². The molecule has 1 N–H and O–H groups in total. The highest BCUT2D eigenvalue weighted by molar-refractivity contribution is 9.11. The summed E-state index contributed by atoms with van der Waals surface area (Å²) < 4.78 is 6.87. The molecule has 1 aliphatic rings. The van der Waals surface area contributed by atoms with Gasteiger partial charge in [-0.2, -0.15) is 0 Å². The van der Waals surface area contributed by atoms with Crippen molar-refractivity contribution in [1.82, 2.24) is 0 Å². The van der Waals surface area contributed by atoms with Crippen molar-refractivity contribution in [3.63, 3.8) is 0 Å². The van der Waals surface area contributed by atoms with Gasteiger partial charge in [0.1, 0.15) is 18.0 Å². The monoisotopic (exact) mass is 324 g/mol.